The lowest BCUT2D eigenvalue weighted by Crippen LogP contribution is -2.55. The number of phenols is 1. The maximum atomic E-state index is 16.6. The van der Waals surface area contributed by atoms with Gasteiger partial charge in [0.15, 0.2) is 5.82 Å². The Kier molecular flexibility index (Phi) is 20.2. The maximum absolute atomic E-state index is 16.6. The van der Waals surface area contributed by atoms with Crippen LogP contribution in [0.5, 0.6) is 11.5 Å². The van der Waals surface area contributed by atoms with E-state index in [1.54, 1.807) is 35.2 Å². The number of hydrogen-bond donors (Lipinski definition) is 4. The zero-order valence-electron chi connectivity index (χ0n) is 46.6. The number of thiazole rings is 1. The number of fused-ring (bicyclic) bond motifs is 2. The molecule has 9 rings (SSSR count). The van der Waals surface area contributed by atoms with E-state index >= 15 is 8.78 Å². The predicted octanol–water partition coefficient (Wildman–Crippen LogP) is 8.75. The van der Waals surface area contributed by atoms with Crippen LogP contribution in [-0.4, -0.2) is 163 Å². The topological polar surface area (TPSA) is 204 Å². The van der Waals surface area contributed by atoms with Crippen LogP contribution in [0.4, 0.5) is 20.5 Å². The molecule has 18 nitrogen and oxygen atoms in total. The molecule has 6 aromatic rings. The monoisotopic (exact) mass is 1160 g/mol. The third kappa shape index (κ3) is 13.7. The molecule has 0 bridgehead atoms. The second-order valence-corrected chi connectivity index (χ2v) is 22.1. The van der Waals surface area contributed by atoms with Gasteiger partial charge in [-0.05, 0) is 87.4 Å². The summed E-state index contributed by atoms with van der Waals surface area (Å²) in [5.41, 5.74) is 0.863. The molecule has 4 heterocycles. The molecule has 3 atom stereocenters. The van der Waals surface area contributed by atoms with Crippen LogP contribution in [0.1, 0.15) is 69.3 Å². The van der Waals surface area contributed by atoms with Gasteiger partial charge >= 0.3 is 0 Å². The molecule has 1 saturated carbocycles. The summed E-state index contributed by atoms with van der Waals surface area (Å²) in [7, 11) is 3.42. The Balaban J connectivity index is 0.731. The normalized spacial score (nSPS) is 16.6. The van der Waals surface area contributed by atoms with E-state index in [4.69, 9.17) is 35.8 Å². The van der Waals surface area contributed by atoms with E-state index in [9.17, 15) is 24.3 Å². The highest BCUT2D eigenvalue weighted by Crippen LogP contribution is 2.44. The standard InChI is InChI=1S/C60H71ClF2N10O8S/c1-5-49(75)71-25-27-72(28-26-71)56-42-35-43(61)51(52-44(62)17-11-19-47(52)74)53(63)55(42)68-60(69-56)65-23-22-50(76)70(4)29-30-79-31-32-80-33-34-81-48-21-20-40(39-15-9-10-16-41(39)48)45-36-82-58(66-45)46-18-12-24-73(46)59(78)54(38-13-7-6-8-14-38)67-57(77)37(2)64-3/h5,9-11,15-17,19-21,35-38,46,54,64,74H,1,6-8,12-14,18,22-34H2,2-4H3,(H,67,77)(H,65,68,69)/t37?,46-,54-/m0/s1. The SMILES string of the molecule is C=CC(=O)N1CCN(c2nc(NCCC(=O)N(C)CCOCCOCCOc3ccc(-c4csc([C@@H]5CCCN5C(=O)[C@@H](NC(=O)C(C)NC)C5CCCCC5)n4)c4ccccc34)nc3c(F)c(-c4c(O)cccc4F)c(Cl)cc23)CC1. The van der Waals surface area contributed by atoms with E-state index in [2.05, 4.69) is 39.0 Å². The quantitative estimate of drug-likeness (QED) is 0.0331. The first-order valence-corrected chi connectivity index (χ1v) is 29.4. The van der Waals surface area contributed by atoms with Crippen LogP contribution in [0.25, 0.3) is 44.1 Å². The number of nitrogens with one attached hydrogen (secondary N) is 3. The zero-order valence-corrected chi connectivity index (χ0v) is 48.1. The molecule has 436 valence electrons. The van der Waals surface area contributed by atoms with Crippen LogP contribution < -0.4 is 25.6 Å². The van der Waals surface area contributed by atoms with Crippen LogP contribution >= 0.6 is 22.9 Å². The Labute approximate surface area is 485 Å². The fraction of sp³-hybridized carbons (Fsp3) is 0.450. The molecule has 0 spiro atoms. The Hall–Kier alpha value is -7.04. The Morgan fingerprint density at radius 2 is 1.62 bits per heavy atom. The predicted molar refractivity (Wildman–Crippen MR) is 314 cm³/mol. The number of carbonyl (C=O) groups is 4. The molecule has 2 aromatic heterocycles. The van der Waals surface area contributed by atoms with Crippen LogP contribution in [0.15, 0.2) is 78.7 Å². The fourth-order valence-electron chi connectivity index (χ4n) is 11.0. The number of aromatic hydroxyl groups is 1. The maximum Gasteiger partial charge on any atom is 0.246 e. The summed E-state index contributed by atoms with van der Waals surface area (Å²) in [6.45, 7) is 9.37. The van der Waals surface area contributed by atoms with Gasteiger partial charge < -0.3 is 54.9 Å². The van der Waals surface area contributed by atoms with Crippen molar-refractivity contribution in [2.24, 2.45) is 5.92 Å². The van der Waals surface area contributed by atoms with Gasteiger partial charge in [-0.2, -0.15) is 4.98 Å². The van der Waals surface area contributed by atoms with Gasteiger partial charge in [0, 0.05) is 86.6 Å². The number of phenolic OH excluding ortho intramolecular Hbond substituents is 1. The van der Waals surface area contributed by atoms with Crippen molar-refractivity contribution in [3.05, 3.63) is 100 Å². The van der Waals surface area contributed by atoms with Gasteiger partial charge in [-0.25, -0.2) is 18.7 Å². The molecule has 4 N–H and O–H groups in total. The minimum absolute atomic E-state index is 0.0103. The average Bonchev–Trinajstić information content (AvgIpc) is 4.01. The van der Waals surface area contributed by atoms with E-state index in [0.29, 0.717) is 77.3 Å². The van der Waals surface area contributed by atoms with Crippen molar-refractivity contribution in [1.82, 2.24) is 40.3 Å². The zero-order chi connectivity index (χ0) is 57.9. The van der Waals surface area contributed by atoms with Crippen LogP contribution in [-0.2, 0) is 28.7 Å². The first-order valence-electron chi connectivity index (χ1n) is 28.1. The summed E-state index contributed by atoms with van der Waals surface area (Å²) in [4.78, 5) is 74.3. The van der Waals surface area contributed by atoms with E-state index in [-0.39, 0.29) is 82.6 Å². The molecular formula is C60H71ClF2N10O8S. The van der Waals surface area contributed by atoms with E-state index in [0.717, 1.165) is 78.0 Å². The van der Waals surface area contributed by atoms with Gasteiger partial charge in [-0.15, -0.1) is 11.3 Å². The van der Waals surface area contributed by atoms with Crippen molar-refractivity contribution in [2.75, 3.05) is 103 Å². The lowest BCUT2D eigenvalue weighted by atomic mass is 9.83. The number of aromatic nitrogens is 3. The molecule has 2 saturated heterocycles. The summed E-state index contributed by atoms with van der Waals surface area (Å²) in [5.74, 6) is -1.73. The number of ether oxygens (including phenoxy) is 3. The molecule has 0 radical (unpaired) electrons. The molecule has 3 aliphatic rings. The van der Waals surface area contributed by atoms with E-state index in [1.165, 1.54) is 24.3 Å². The van der Waals surface area contributed by atoms with Crippen molar-refractivity contribution in [1.29, 1.82) is 0 Å². The number of likely N-dealkylation sites (N-methyl/N-ethyl adjacent to an activating group) is 2. The number of likely N-dealkylation sites (tertiary alicyclic amines) is 1. The van der Waals surface area contributed by atoms with E-state index in [1.807, 2.05) is 47.1 Å². The number of nitrogens with zero attached hydrogens (tertiary/aromatic N) is 7. The van der Waals surface area contributed by atoms with E-state index < -0.39 is 35.0 Å². The number of piperazine rings is 1. The highest BCUT2D eigenvalue weighted by Gasteiger charge is 2.40. The largest absolute Gasteiger partial charge is 0.507 e. The fourth-order valence-corrected chi connectivity index (χ4v) is 12.2. The Morgan fingerprint density at radius 3 is 2.37 bits per heavy atom. The Bertz CT molecular complexity index is 3250. The number of anilines is 2. The lowest BCUT2D eigenvalue weighted by molar-refractivity contribution is -0.139. The summed E-state index contributed by atoms with van der Waals surface area (Å²) in [6.07, 6.45) is 8.12. The lowest BCUT2D eigenvalue weighted by Gasteiger charge is -2.35. The number of halogens is 3. The molecule has 1 aliphatic carbocycles. The third-order valence-electron chi connectivity index (χ3n) is 15.7. The molecule has 4 aromatic carbocycles. The number of rotatable bonds is 24. The summed E-state index contributed by atoms with van der Waals surface area (Å²) >= 11 is 8.17. The smallest absolute Gasteiger partial charge is 0.246 e. The second kappa shape index (κ2) is 27.8. The highest BCUT2D eigenvalue weighted by atomic mass is 35.5. The van der Waals surface area contributed by atoms with Gasteiger partial charge in [0.25, 0.3) is 0 Å². The summed E-state index contributed by atoms with van der Waals surface area (Å²) in [6, 6.07) is 16.0. The van der Waals surface area contributed by atoms with Crippen LogP contribution in [0, 0.1) is 17.6 Å². The minimum Gasteiger partial charge on any atom is -0.507 e. The highest BCUT2D eigenvalue weighted by molar-refractivity contribution is 7.10. The van der Waals surface area contributed by atoms with Gasteiger partial charge in [0.2, 0.25) is 29.6 Å². The number of carbonyl (C=O) groups excluding carboxylic acids is 4. The van der Waals surface area contributed by atoms with Gasteiger partial charge in [-0.1, -0.05) is 67.8 Å². The molecule has 22 heteroatoms. The van der Waals surface area contributed by atoms with Crippen LogP contribution in [0.3, 0.4) is 0 Å². The number of amides is 4. The first kappa shape index (κ1) is 59.6. The first-order chi connectivity index (χ1) is 39.8. The molecule has 4 amide bonds. The van der Waals surface area contributed by atoms with Crippen molar-refractivity contribution >= 4 is 80.0 Å². The molecule has 1 unspecified atom stereocenters. The van der Waals surface area contributed by atoms with Crippen molar-refractivity contribution < 1.29 is 47.3 Å². The number of benzene rings is 4. The van der Waals surface area contributed by atoms with Crippen molar-refractivity contribution in [3.63, 3.8) is 0 Å². The number of hydrogen-bond acceptors (Lipinski definition) is 15. The molecule has 2 aliphatic heterocycles. The summed E-state index contributed by atoms with van der Waals surface area (Å²) in [5, 5.41) is 24.7. The minimum atomic E-state index is -0.962. The third-order valence-corrected chi connectivity index (χ3v) is 16.9. The summed E-state index contributed by atoms with van der Waals surface area (Å²) < 4.78 is 49.5. The molecule has 82 heavy (non-hydrogen) atoms. The van der Waals surface area contributed by atoms with Gasteiger partial charge in [0.05, 0.1) is 54.8 Å². The van der Waals surface area contributed by atoms with Crippen LogP contribution in [0.2, 0.25) is 5.02 Å². The molecular weight excluding hydrogens is 1090 g/mol. The van der Waals surface area contributed by atoms with Crippen molar-refractivity contribution in [3.8, 4) is 33.9 Å². The average molecular weight is 1170 g/mol. The second-order valence-electron chi connectivity index (χ2n) is 20.8. The van der Waals surface area contributed by atoms with Crippen molar-refractivity contribution in [2.45, 2.75) is 76.4 Å². The molecule has 3 fully saturated rings. The van der Waals surface area contributed by atoms with Gasteiger partial charge in [-0.3, -0.25) is 19.2 Å². The Morgan fingerprint density at radius 1 is 0.878 bits per heavy atom. The van der Waals surface area contributed by atoms with Gasteiger partial charge in [0.1, 0.15) is 46.3 Å².